The van der Waals surface area contributed by atoms with Crippen LogP contribution < -0.4 is 114 Å². The molecular weight excluding hydrogens is 1210 g/mol. The molecule has 2 amide bonds. The summed E-state index contributed by atoms with van der Waals surface area (Å²) in [5.74, 6) is -0.321. The number of hydrogen-bond donors (Lipinski definition) is 8. The quantitative estimate of drug-likeness (QED) is 0.0162. The number of carbonyl (C=O) groups is 2. The summed E-state index contributed by atoms with van der Waals surface area (Å²) in [7, 11) is 0. The third-order valence-corrected chi connectivity index (χ3v) is 13.4. The maximum Gasteiger partial charge on any atom is 1.00 e. The summed E-state index contributed by atoms with van der Waals surface area (Å²) < 4.78 is 10.7. The molecule has 13 N–H and O–H groups in total. The van der Waals surface area contributed by atoms with E-state index in [1.807, 2.05) is 41.5 Å². The Hall–Kier alpha value is -8.51. The summed E-state index contributed by atoms with van der Waals surface area (Å²) in [5.41, 5.74) is 24.8. The van der Waals surface area contributed by atoms with Crippen LogP contribution in [0.3, 0.4) is 0 Å². The molecular formula is C57H92N19NaO15. The Morgan fingerprint density at radius 3 is 1.32 bits per heavy atom. The van der Waals surface area contributed by atoms with Gasteiger partial charge < -0.3 is 59.4 Å². The standard InChI is InChI=1S/C10H14N4O3.3C10H15N3O2.C7H14N2O.C4H7NO.C3H3NO2.C3H7N.HNO2.Na.H2/c1-2-5-13-9(15)7(12-17)8(11)14(10(13)16)6-3-4-6;2*1-2-5-12-9(14)6-8(11)13(10(12)15)7-3-4-7;1-2-5-12-8(11)6-9(14)13(10(12)15)7-3-4-7;1-2-5-8-7(10)9-6-3-4-6;1-2-3-5-4-6;1-4-2-3(5)6;4-3-1-2-3;2-1-3;;/h6H,2-5,11H2,1H3;3*6-7H,2-5,11H2,1H3;6H,2-5H2,1H3,(H2,8,9,10);2-3H2,1H3;2H2,(H,5,6);3H,1-2,4H2;(H,2,3);;1H/q;;;;;;;;;+1;/p-1. The number of rotatable bonds is 19. The fourth-order valence-corrected chi connectivity index (χ4v) is 8.09. The Labute approximate surface area is 553 Å². The molecule has 0 spiro atoms. The molecule has 0 radical (unpaired) electrons. The molecule has 35 heteroatoms. The molecule has 506 valence electrons. The number of aliphatic imine (C=N–C) groups is 1. The molecule has 6 aliphatic rings. The zero-order valence-electron chi connectivity index (χ0n) is 53.8. The monoisotopic (exact) mass is 1310 g/mol. The van der Waals surface area contributed by atoms with E-state index in [1.54, 1.807) is 0 Å². The van der Waals surface area contributed by atoms with Crippen molar-refractivity contribution in [2.24, 2.45) is 21.2 Å². The van der Waals surface area contributed by atoms with Crippen LogP contribution in [0.1, 0.15) is 183 Å². The molecule has 4 heterocycles. The van der Waals surface area contributed by atoms with E-state index in [0.29, 0.717) is 56.3 Å². The molecule has 4 aromatic rings. The number of nitrogens with zero attached hydrogens (tertiary/aromatic N) is 12. The molecule has 6 aliphatic carbocycles. The number of isocyanates is 1. The molecule has 0 aliphatic heterocycles. The van der Waals surface area contributed by atoms with E-state index < -0.39 is 23.8 Å². The van der Waals surface area contributed by atoms with Crippen LogP contribution in [0.25, 0.3) is 4.85 Å². The number of carbonyl (C=O) groups excluding carboxylic acids is 2. The van der Waals surface area contributed by atoms with E-state index in [0.717, 1.165) is 113 Å². The largest absolute Gasteiger partial charge is 1.00 e. The van der Waals surface area contributed by atoms with Crippen LogP contribution >= 0.6 is 0 Å². The molecule has 34 nitrogen and oxygen atoms in total. The molecule has 0 unspecified atom stereocenters. The van der Waals surface area contributed by atoms with Crippen molar-refractivity contribution in [1.29, 1.82) is 0 Å². The second-order valence-corrected chi connectivity index (χ2v) is 21.8. The minimum Gasteiger partial charge on any atom is -0.476 e. The fraction of sp³-hybridized carbons (Fsp3) is 0.649. The summed E-state index contributed by atoms with van der Waals surface area (Å²) >= 11 is 0. The Bertz CT molecular complexity index is 3540. The first kappa shape index (κ1) is 81.5. The molecule has 10 rings (SSSR count). The van der Waals surface area contributed by atoms with Gasteiger partial charge in [-0.3, -0.25) is 55.7 Å². The number of hydrogen-bond acceptors (Lipinski definition) is 22. The minimum atomic E-state index is -1.06. The van der Waals surface area contributed by atoms with E-state index in [2.05, 4.69) is 25.6 Å². The third-order valence-electron chi connectivity index (χ3n) is 13.4. The number of anilines is 4. The number of nitrogens with one attached hydrogen (secondary N) is 2. The maximum atomic E-state index is 12.1. The number of nitroso groups, excluding NO2 is 1. The Balaban J connectivity index is 0.00000106. The zero-order chi connectivity index (χ0) is 68.5. The van der Waals surface area contributed by atoms with Gasteiger partial charge in [-0.15, -0.1) is 10.2 Å². The maximum absolute atomic E-state index is 12.1. The number of aromatic nitrogens is 8. The van der Waals surface area contributed by atoms with Crippen molar-refractivity contribution in [1.82, 2.24) is 47.2 Å². The second kappa shape index (κ2) is 42.5. The van der Waals surface area contributed by atoms with Crippen molar-refractivity contribution in [3.63, 3.8) is 0 Å². The number of carboxylic acid groups (broad SMARTS) is 1. The first-order chi connectivity index (χ1) is 43.4. The average Bonchev–Trinajstić information content (AvgIpc) is 1.66. The minimum absolute atomic E-state index is 0. The zero-order valence-corrected chi connectivity index (χ0v) is 55.8. The number of nitrogens with two attached hydrogens (primary N) is 5. The van der Waals surface area contributed by atoms with Crippen LogP contribution in [0.15, 0.2) is 72.1 Å². The van der Waals surface area contributed by atoms with E-state index in [-0.39, 0.29) is 119 Å². The summed E-state index contributed by atoms with van der Waals surface area (Å²) in [6, 6.07) is 5.60. The van der Waals surface area contributed by atoms with E-state index in [1.165, 1.54) is 69.1 Å². The van der Waals surface area contributed by atoms with Gasteiger partial charge in [-0.25, -0.2) is 45.1 Å². The topological polar surface area (TPSA) is 500 Å². The summed E-state index contributed by atoms with van der Waals surface area (Å²) in [4.78, 5) is 148. The summed E-state index contributed by atoms with van der Waals surface area (Å²) in [5, 5.41) is 24.9. The average molecular weight is 1310 g/mol. The molecule has 4 aromatic heterocycles. The normalized spacial score (nSPS) is 14.3. The predicted molar refractivity (Wildman–Crippen MR) is 348 cm³/mol. The van der Waals surface area contributed by atoms with Gasteiger partial charge in [0.15, 0.2) is 0 Å². The van der Waals surface area contributed by atoms with Gasteiger partial charge in [0.2, 0.25) is 11.8 Å². The van der Waals surface area contributed by atoms with Gasteiger partial charge in [0.05, 0.1) is 6.54 Å². The van der Waals surface area contributed by atoms with Crippen LogP contribution in [-0.2, 0) is 35.8 Å². The van der Waals surface area contributed by atoms with Crippen molar-refractivity contribution >= 4 is 47.0 Å². The van der Waals surface area contributed by atoms with E-state index in [9.17, 15) is 57.6 Å². The molecule has 6 saturated carbocycles. The van der Waals surface area contributed by atoms with Gasteiger partial charge in [-0.05, 0) is 121 Å². The van der Waals surface area contributed by atoms with Gasteiger partial charge in [-0.2, -0.15) is 0 Å². The smallest absolute Gasteiger partial charge is 0.476 e. The van der Waals surface area contributed by atoms with Gasteiger partial charge in [0.25, 0.3) is 22.2 Å². The molecule has 0 saturated heterocycles. The van der Waals surface area contributed by atoms with Crippen LogP contribution in [-0.4, -0.2) is 91.4 Å². The number of amides is 2. The van der Waals surface area contributed by atoms with Crippen LogP contribution in [0.5, 0.6) is 0 Å². The van der Waals surface area contributed by atoms with E-state index >= 15 is 0 Å². The number of carboxylic acids is 1. The fourth-order valence-electron chi connectivity index (χ4n) is 8.09. The van der Waals surface area contributed by atoms with Crippen molar-refractivity contribution in [2.75, 3.05) is 42.6 Å². The first-order valence-corrected chi connectivity index (χ1v) is 30.6. The number of urea groups is 1. The summed E-state index contributed by atoms with van der Waals surface area (Å²) in [6.45, 7) is 20.4. The van der Waals surface area contributed by atoms with Crippen molar-refractivity contribution in [2.45, 2.75) is 220 Å². The van der Waals surface area contributed by atoms with Crippen LogP contribution in [0.2, 0.25) is 0 Å². The Morgan fingerprint density at radius 2 is 0.989 bits per heavy atom. The Kier molecular flexibility index (Phi) is 37.7. The van der Waals surface area contributed by atoms with Crippen molar-refractivity contribution < 1.29 is 50.5 Å². The van der Waals surface area contributed by atoms with Crippen molar-refractivity contribution in [3.05, 3.63) is 128 Å². The van der Waals surface area contributed by atoms with Crippen LogP contribution in [0, 0.1) is 21.6 Å². The van der Waals surface area contributed by atoms with Gasteiger partial charge in [0.1, 0.15) is 23.3 Å². The second-order valence-electron chi connectivity index (χ2n) is 21.8. The predicted octanol–water partition coefficient (Wildman–Crippen LogP) is 0.935. The third kappa shape index (κ3) is 27.9. The molecule has 0 aromatic carbocycles. The van der Waals surface area contributed by atoms with Crippen molar-refractivity contribution in [3.8, 4) is 0 Å². The van der Waals surface area contributed by atoms with Crippen LogP contribution in [0.4, 0.5) is 33.8 Å². The number of aliphatic carboxylic acids is 1. The van der Waals surface area contributed by atoms with Gasteiger partial charge >= 0.3 is 70.9 Å². The first-order valence-electron chi connectivity index (χ1n) is 30.6. The number of nitrogen functional groups attached to an aromatic ring is 4. The molecule has 0 atom stereocenters. The van der Waals surface area contributed by atoms with Gasteiger partial charge in [0, 0.05) is 88.6 Å². The molecule has 0 bridgehead atoms. The molecule has 92 heavy (non-hydrogen) atoms. The Morgan fingerprint density at radius 1 is 0.609 bits per heavy atom. The summed E-state index contributed by atoms with van der Waals surface area (Å²) in [6.07, 6.45) is 18.6. The van der Waals surface area contributed by atoms with E-state index in [4.69, 9.17) is 50.5 Å². The van der Waals surface area contributed by atoms with Gasteiger partial charge in [-0.1, -0.05) is 41.5 Å². The molecule has 6 fully saturated rings. The SMILES string of the molecule is CCCN=C=O.CCCNC(=O)NC1CC1.CCCn1c(=O)c(N=O)c(N)n(C2CC2)c1=O.CCCn1c(=O)cc(N)n(C2CC2)c1=O.CCCn1c(=O)cc(N)n(C2CC2)c1=O.CCCn1c(N)cc(=O)n(C2CC2)c1=O.NC1CC1.O=N[O-].[C-]#[N+]CC(=O)O.[HH].[Na+].